The summed E-state index contributed by atoms with van der Waals surface area (Å²) < 4.78 is 26.0. The lowest BCUT2D eigenvalue weighted by molar-refractivity contribution is 0.551. The van der Waals surface area contributed by atoms with E-state index in [0.29, 0.717) is 6.42 Å². The molecule has 1 rings (SSSR count). The molecule has 0 fully saturated rings. The molecule has 0 radical (unpaired) electrons. The van der Waals surface area contributed by atoms with Crippen LogP contribution in [0.2, 0.25) is 0 Å². The molecule has 0 aliphatic heterocycles. The molecule has 0 aromatic heterocycles. The van der Waals surface area contributed by atoms with Gasteiger partial charge in [-0.25, -0.2) is 13.1 Å². The fourth-order valence-electron chi connectivity index (χ4n) is 1.56. The Labute approximate surface area is 108 Å². The van der Waals surface area contributed by atoms with Gasteiger partial charge in [0.15, 0.2) is 0 Å². The van der Waals surface area contributed by atoms with Crippen molar-refractivity contribution < 1.29 is 8.42 Å². The van der Waals surface area contributed by atoms with Crippen molar-refractivity contribution in [2.75, 3.05) is 11.6 Å². The van der Waals surface area contributed by atoms with Crippen molar-refractivity contribution in [2.45, 2.75) is 26.3 Å². The van der Waals surface area contributed by atoms with Gasteiger partial charge < -0.3 is 0 Å². The van der Waals surface area contributed by atoms with E-state index < -0.39 is 10.0 Å². The average molecular weight is 276 g/mol. The second-order valence-electron chi connectivity index (χ2n) is 4.00. The summed E-state index contributed by atoms with van der Waals surface area (Å²) in [5.41, 5.74) is 2.14. The molecule has 1 aromatic carbocycles. The number of aryl methyl sites for hydroxylation is 1. The summed E-state index contributed by atoms with van der Waals surface area (Å²) in [6.45, 7) is 3.95. The van der Waals surface area contributed by atoms with E-state index in [9.17, 15) is 8.42 Å². The van der Waals surface area contributed by atoms with E-state index in [1.165, 1.54) is 0 Å². The zero-order valence-electron chi connectivity index (χ0n) is 10.1. The van der Waals surface area contributed by atoms with Gasteiger partial charge in [0, 0.05) is 11.9 Å². The van der Waals surface area contributed by atoms with Gasteiger partial charge in [-0.05, 0) is 18.9 Å². The van der Waals surface area contributed by atoms with Crippen LogP contribution in [0.5, 0.6) is 0 Å². The van der Waals surface area contributed by atoms with Crippen LogP contribution in [0.25, 0.3) is 0 Å². The van der Waals surface area contributed by atoms with Gasteiger partial charge >= 0.3 is 0 Å². The Morgan fingerprint density at radius 1 is 1.29 bits per heavy atom. The molecule has 1 aromatic rings. The maximum atomic E-state index is 11.6. The van der Waals surface area contributed by atoms with Gasteiger partial charge in [-0.2, -0.15) is 0 Å². The third kappa shape index (κ3) is 4.66. The molecule has 0 saturated heterocycles. The van der Waals surface area contributed by atoms with Crippen molar-refractivity contribution in [3.05, 3.63) is 35.4 Å². The maximum Gasteiger partial charge on any atom is 0.213 e. The fraction of sp³-hybridized carbons (Fsp3) is 0.500. The predicted octanol–water partition coefficient (Wildman–Crippen LogP) is 2.60. The zero-order valence-corrected chi connectivity index (χ0v) is 11.7. The van der Waals surface area contributed by atoms with Gasteiger partial charge in [0.1, 0.15) is 0 Å². The van der Waals surface area contributed by atoms with E-state index >= 15 is 0 Å². The normalized spacial score (nSPS) is 13.6. The van der Waals surface area contributed by atoms with E-state index in [4.69, 9.17) is 11.6 Å². The first-order valence-electron chi connectivity index (χ1n) is 5.61. The minimum atomic E-state index is -3.28. The second kappa shape index (κ2) is 6.38. The lowest BCUT2D eigenvalue weighted by Crippen LogP contribution is -2.30. The first-order valence-corrected chi connectivity index (χ1v) is 7.79. The Morgan fingerprint density at radius 2 is 1.88 bits per heavy atom. The summed E-state index contributed by atoms with van der Waals surface area (Å²) in [4.78, 5) is 0. The largest absolute Gasteiger partial charge is 0.213 e. The molecule has 0 spiro atoms. The average Bonchev–Trinajstić information content (AvgIpc) is 2.27. The summed E-state index contributed by atoms with van der Waals surface area (Å²) >= 11 is 5.46. The number of hydrogen-bond donors (Lipinski definition) is 1. The van der Waals surface area contributed by atoms with E-state index in [0.717, 1.165) is 11.1 Å². The van der Waals surface area contributed by atoms with Crippen molar-refractivity contribution in [2.24, 2.45) is 0 Å². The lowest BCUT2D eigenvalue weighted by atomic mass is 10.0. The van der Waals surface area contributed by atoms with Gasteiger partial charge in [0.2, 0.25) is 10.0 Å². The highest BCUT2D eigenvalue weighted by Gasteiger charge is 2.17. The highest BCUT2D eigenvalue weighted by Crippen LogP contribution is 2.18. The highest BCUT2D eigenvalue weighted by atomic mass is 35.5. The molecule has 0 aliphatic carbocycles. The van der Waals surface area contributed by atoms with Gasteiger partial charge in [0.25, 0.3) is 0 Å². The first-order chi connectivity index (χ1) is 7.98. The first kappa shape index (κ1) is 14.5. The molecular formula is C12H18ClNO2S. The molecular weight excluding hydrogens is 258 g/mol. The van der Waals surface area contributed by atoms with Gasteiger partial charge in [0.05, 0.1) is 5.75 Å². The van der Waals surface area contributed by atoms with Gasteiger partial charge in [-0.1, -0.05) is 36.8 Å². The van der Waals surface area contributed by atoms with Gasteiger partial charge in [-0.15, -0.1) is 11.6 Å². The van der Waals surface area contributed by atoms with Crippen molar-refractivity contribution in [1.82, 2.24) is 4.72 Å². The van der Waals surface area contributed by atoms with Crippen LogP contribution in [-0.4, -0.2) is 20.1 Å². The Morgan fingerprint density at radius 3 is 2.35 bits per heavy atom. The number of benzene rings is 1. The molecule has 96 valence electrons. The van der Waals surface area contributed by atoms with Crippen LogP contribution in [0.3, 0.4) is 0 Å². The van der Waals surface area contributed by atoms with E-state index in [2.05, 4.69) is 4.72 Å². The van der Waals surface area contributed by atoms with Crippen LogP contribution < -0.4 is 4.72 Å². The van der Waals surface area contributed by atoms with Crippen LogP contribution in [0.4, 0.5) is 0 Å². The summed E-state index contributed by atoms with van der Waals surface area (Å²) in [5, 5.41) is 0. The van der Waals surface area contributed by atoms with Crippen molar-refractivity contribution in [1.29, 1.82) is 0 Å². The van der Waals surface area contributed by atoms with Crippen LogP contribution in [0.1, 0.15) is 30.5 Å². The topological polar surface area (TPSA) is 46.2 Å². The molecule has 1 unspecified atom stereocenters. The molecule has 5 heteroatoms. The molecule has 17 heavy (non-hydrogen) atoms. The number of nitrogens with one attached hydrogen (secondary N) is 1. The minimum Gasteiger partial charge on any atom is -0.212 e. The van der Waals surface area contributed by atoms with E-state index in [1.54, 1.807) is 0 Å². The van der Waals surface area contributed by atoms with Crippen molar-refractivity contribution in [3.63, 3.8) is 0 Å². The van der Waals surface area contributed by atoms with Crippen molar-refractivity contribution >= 4 is 21.6 Å². The Bertz CT molecular complexity index is 442. The zero-order chi connectivity index (χ0) is 12.9. The van der Waals surface area contributed by atoms with E-state index in [1.807, 2.05) is 38.1 Å². The number of hydrogen-bond acceptors (Lipinski definition) is 2. The summed E-state index contributed by atoms with van der Waals surface area (Å²) in [7, 11) is -3.28. The Balaban J connectivity index is 2.82. The summed E-state index contributed by atoms with van der Waals surface area (Å²) in [5.74, 6) is 0.0661. The molecule has 0 heterocycles. The number of sulfonamides is 1. The molecule has 0 bridgehead atoms. The van der Waals surface area contributed by atoms with Gasteiger partial charge in [-0.3, -0.25) is 0 Å². The quantitative estimate of drug-likeness (QED) is 0.811. The molecule has 3 nitrogen and oxygen atoms in total. The predicted molar refractivity (Wildman–Crippen MR) is 71.9 cm³/mol. The Hall–Kier alpha value is -0.580. The van der Waals surface area contributed by atoms with Crippen LogP contribution in [0, 0.1) is 6.92 Å². The smallest absolute Gasteiger partial charge is 0.212 e. The van der Waals surface area contributed by atoms with Crippen molar-refractivity contribution in [3.8, 4) is 0 Å². The summed E-state index contributed by atoms with van der Waals surface area (Å²) in [6, 6.07) is 7.69. The highest BCUT2D eigenvalue weighted by molar-refractivity contribution is 7.89. The van der Waals surface area contributed by atoms with Crippen LogP contribution >= 0.6 is 11.6 Å². The summed E-state index contributed by atoms with van der Waals surface area (Å²) in [6.07, 6.45) is 0.713. The lowest BCUT2D eigenvalue weighted by Gasteiger charge is -2.17. The maximum absolute atomic E-state index is 11.6. The third-order valence-corrected chi connectivity index (χ3v) is 4.35. The second-order valence-corrected chi connectivity index (χ2v) is 6.25. The molecule has 0 amide bonds. The van der Waals surface area contributed by atoms with E-state index in [-0.39, 0.29) is 17.7 Å². The minimum absolute atomic E-state index is 0.0447. The Kier molecular flexibility index (Phi) is 5.43. The fourth-order valence-corrected chi connectivity index (χ4v) is 3.23. The van der Waals surface area contributed by atoms with Crippen LogP contribution in [0.15, 0.2) is 24.3 Å². The monoisotopic (exact) mass is 275 g/mol. The standard InChI is InChI=1S/C12H18ClNO2S/c1-3-12(14-17(15,16)9-8-13)11-6-4-10(2)5-7-11/h4-7,12,14H,3,8-9H2,1-2H3. The SMILES string of the molecule is CCC(NS(=O)(=O)CCCl)c1ccc(C)cc1. The number of alkyl halides is 1. The molecule has 0 aliphatic rings. The molecule has 0 saturated carbocycles. The third-order valence-electron chi connectivity index (χ3n) is 2.56. The number of halogens is 1. The molecule has 1 N–H and O–H groups in total. The van der Waals surface area contributed by atoms with Crippen LogP contribution in [-0.2, 0) is 10.0 Å². The molecule has 1 atom stereocenters. The number of rotatable bonds is 6.